The number of aryl methyl sites for hydroxylation is 1. The maximum atomic E-state index is 4.41. The van der Waals surface area contributed by atoms with E-state index in [9.17, 15) is 0 Å². The van der Waals surface area contributed by atoms with Gasteiger partial charge in [-0.25, -0.2) is 4.98 Å². The Morgan fingerprint density at radius 1 is 1.35 bits per heavy atom. The second-order valence-corrected chi connectivity index (χ2v) is 4.20. The zero-order valence-corrected chi connectivity index (χ0v) is 10.7. The summed E-state index contributed by atoms with van der Waals surface area (Å²) in [6, 6.07) is 4.60. The first-order valence-corrected chi connectivity index (χ1v) is 6.08. The van der Waals surface area contributed by atoms with Crippen molar-refractivity contribution in [1.82, 2.24) is 19.4 Å². The van der Waals surface area contributed by atoms with Gasteiger partial charge in [0.15, 0.2) is 0 Å². The van der Waals surface area contributed by atoms with Crippen LogP contribution in [-0.2, 0) is 13.1 Å². The number of aromatic nitrogens is 3. The molecule has 0 aliphatic carbocycles. The average molecular weight is 232 g/mol. The molecule has 2 heterocycles. The molecule has 0 saturated heterocycles. The molecule has 92 valence electrons. The first-order valence-electron chi connectivity index (χ1n) is 6.08. The summed E-state index contributed by atoms with van der Waals surface area (Å²) < 4.78 is 4.42. The lowest BCUT2D eigenvalue weighted by Crippen LogP contribution is -2.18. The van der Waals surface area contributed by atoms with Crippen LogP contribution in [0.3, 0.4) is 0 Å². The lowest BCUT2D eigenvalue weighted by Gasteiger charge is -2.15. The summed E-state index contributed by atoms with van der Waals surface area (Å²) in [5, 5.41) is 3.27. The van der Waals surface area contributed by atoms with Crippen molar-refractivity contribution in [3.05, 3.63) is 42.2 Å². The van der Waals surface area contributed by atoms with E-state index in [4.69, 9.17) is 0 Å². The highest BCUT2D eigenvalue weighted by Gasteiger charge is 2.09. The van der Waals surface area contributed by atoms with Gasteiger partial charge in [0.25, 0.3) is 0 Å². The van der Waals surface area contributed by atoms with E-state index in [-0.39, 0.29) is 0 Å². The van der Waals surface area contributed by atoms with Crippen LogP contribution < -0.4 is 5.32 Å². The van der Waals surface area contributed by atoms with Gasteiger partial charge in [0, 0.05) is 36.9 Å². The molecule has 4 heteroatoms. The molecule has 2 rings (SSSR count). The van der Waals surface area contributed by atoms with Crippen molar-refractivity contribution in [1.29, 1.82) is 0 Å². The molecular formula is C13H20N4. The summed E-state index contributed by atoms with van der Waals surface area (Å²) in [6.45, 7) is 6.10. The lowest BCUT2D eigenvalue weighted by atomic mass is 10.2. The van der Waals surface area contributed by atoms with Gasteiger partial charge in [0.2, 0.25) is 0 Å². The van der Waals surface area contributed by atoms with Crippen LogP contribution >= 0.6 is 0 Å². The maximum Gasteiger partial charge on any atom is 0.128 e. The molecule has 1 unspecified atom stereocenters. The fourth-order valence-electron chi connectivity index (χ4n) is 2.04. The first-order chi connectivity index (χ1) is 8.26. The lowest BCUT2D eigenvalue weighted by molar-refractivity contribution is 0.570. The number of nitrogens with zero attached hydrogens (tertiary/aromatic N) is 3. The van der Waals surface area contributed by atoms with Crippen molar-refractivity contribution in [2.75, 3.05) is 7.05 Å². The number of nitrogens with one attached hydrogen (secondary N) is 1. The van der Waals surface area contributed by atoms with Gasteiger partial charge in [-0.15, -0.1) is 0 Å². The van der Waals surface area contributed by atoms with Crippen LogP contribution in [0, 0.1) is 0 Å². The minimum absolute atomic E-state index is 0.357. The molecular weight excluding hydrogens is 212 g/mol. The molecule has 4 nitrogen and oxygen atoms in total. The summed E-state index contributed by atoms with van der Waals surface area (Å²) >= 11 is 0. The van der Waals surface area contributed by atoms with Gasteiger partial charge in [-0.3, -0.25) is 0 Å². The van der Waals surface area contributed by atoms with E-state index >= 15 is 0 Å². The molecule has 0 fully saturated rings. The fraction of sp³-hybridized carbons (Fsp3) is 0.462. The Kier molecular flexibility index (Phi) is 3.64. The highest BCUT2D eigenvalue weighted by molar-refractivity contribution is 5.13. The Bertz CT molecular complexity index is 469. The second-order valence-electron chi connectivity index (χ2n) is 4.20. The number of hydrogen-bond donors (Lipinski definition) is 1. The maximum absolute atomic E-state index is 4.41. The Hall–Kier alpha value is -1.55. The van der Waals surface area contributed by atoms with Crippen molar-refractivity contribution in [2.45, 2.75) is 33.0 Å². The fourth-order valence-corrected chi connectivity index (χ4v) is 2.04. The van der Waals surface area contributed by atoms with Gasteiger partial charge < -0.3 is 14.5 Å². The van der Waals surface area contributed by atoms with E-state index < -0.39 is 0 Å². The molecule has 0 spiro atoms. The standard InChI is InChI=1S/C13H20N4/c1-4-16-9-7-15-13(16)10-17-8-5-6-12(17)11(2)14-3/h5-9,11,14H,4,10H2,1-3H3. The Labute approximate surface area is 102 Å². The second kappa shape index (κ2) is 5.19. The highest BCUT2D eigenvalue weighted by Crippen LogP contribution is 2.14. The van der Waals surface area contributed by atoms with E-state index in [2.05, 4.69) is 51.6 Å². The SMILES string of the molecule is CCn1ccnc1Cn1cccc1C(C)NC. The monoisotopic (exact) mass is 232 g/mol. The Balaban J connectivity index is 2.22. The predicted molar refractivity (Wildman–Crippen MR) is 68.9 cm³/mol. The van der Waals surface area contributed by atoms with Crippen LogP contribution in [0.25, 0.3) is 0 Å². The number of imidazole rings is 1. The van der Waals surface area contributed by atoms with Crippen LogP contribution in [0.2, 0.25) is 0 Å². The Morgan fingerprint density at radius 2 is 2.18 bits per heavy atom. The molecule has 0 radical (unpaired) electrons. The molecule has 0 bridgehead atoms. The number of rotatable bonds is 5. The van der Waals surface area contributed by atoms with Crippen molar-refractivity contribution >= 4 is 0 Å². The van der Waals surface area contributed by atoms with Crippen molar-refractivity contribution in [3.8, 4) is 0 Å². The normalized spacial score (nSPS) is 12.9. The van der Waals surface area contributed by atoms with Gasteiger partial charge in [0.1, 0.15) is 5.82 Å². The summed E-state index contributed by atoms with van der Waals surface area (Å²) in [6.07, 6.45) is 6.00. The topological polar surface area (TPSA) is 34.8 Å². The Morgan fingerprint density at radius 3 is 2.88 bits per heavy atom. The van der Waals surface area contributed by atoms with Gasteiger partial charge in [-0.1, -0.05) is 0 Å². The molecule has 0 amide bonds. The smallest absolute Gasteiger partial charge is 0.128 e. The van der Waals surface area contributed by atoms with Gasteiger partial charge in [-0.2, -0.15) is 0 Å². The first kappa shape index (κ1) is 11.9. The van der Waals surface area contributed by atoms with Gasteiger partial charge in [0.05, 0.1) is 6.54 Å². The molecule has 2 aromatic heterocycles. The molecule has 2 aromatic rings. The van der Waals surface area contributed by atoms with Crippen molar-refractivity contribution in [3.63, 3.8) is 0 Å². The van der Waals surface area contributed by atoms with Gasteiger partial charge >= 0.3 is 0 Å². The molecule has 0 aliphatic heterocycles. The largest absolute Gasteiger partial charge is 0.342 e. The van der Waals surface area contributed by atoms with Crippen LogP contribution in [0.1, 0.15) is 31.4 Å². The molecule has 17 heavy (non-hydrogen) atoms. The van der Waals surface area contributed by atoms with Gasteiger partial charge in [-0.05, 0) is 33.0 Å². The summed E-state index contributed by atoms with van der Waals surface area (Å²) in [5.41, 5.74) is 1.29. The third-order valence-electron chi connectivity index (χ3n) is 3.20. The molecule has 0 aliphatic rings. The quantitative estimate of drug-likeness (QED) is 0.856. The minimum atomic E-state index is 0.357. The summed E-state index contributed by atoms with van der Waals surface area (Å²) in [4.78, 5) is 4.41. The van der Waals surface area contributed by atoms with Crippen LogP contribution in [0.15, 0.2) is 30.7 Å². The van der Waals surface area contributed by atoms with Crippen molar-refractivity contribution in [2.24, 2.45) is 0 Å². The summed E-state index contributed by atoms with van der Waals surface area (Å²) in [5.74, 6) is 1.10. The molecule has 1 atom stereocenters. The number of hydrogen-bond acceptors (Lipinski definition) is 2. The van der Waals surface area contributed by atoms with E-state index in [1.165, 1.54) is 5.69 Å². The van der Waals surface area contributed by atoms with Crippen LogP contribution in [0.5, 0.6) is 0 Å². The molecule has 0 saturated carbocycles. The molecule has 0 aromatic carbocycles. The third-order valence-corrected chi connectivity index (χ3v) is 3.20. The van der Waals surface area contributed by atoms with Crippen LogP contribution in [0.4, 0.5) is 0 Å². The zero-order valence-electron chi connectivity index (χ0n) is 10.7. The third kappa shape index (κ3) is 2.42. The molecule has 1 N–H and O–H groups in total. The zero-order chi connectivity index (χ0) is 12.3. The van der Waals surface area contributed by atoms with Crippen LogP contribution in [-0.4, -0.2) is 21.2 Å². The van der Waals surface area contributed by atoms with E-state index in [0.29, 0.717) is 6.04 Å². The summed E-state index contributed by atoms with van der Waals surface area (Å²) in [7, 11) is 1.98. The van der Waals surface area contributed by atoms with Crippen molar-refractivity contribution < 1.29 is 0 Å². The van der Waals surface area contributed by atoms with E-state index in [1.54, 1.807) is 0 Å². The van der Waals surface area contributed by atoms with E-state index in [0.717, 1.165) is 18.9 Å². The highest BCUT2D eigenvalue weighted by atomic mass is 15.1. The minimum Gasteiger partial charge on any atom is -0.342 e. The predicted octanol–water partition coefficient (Wildman–Crippen LogP) is 2.03. The van der Waals surface area contributed by atoms with E-state index in [1.807, 2.05) is 19.4 Å². The average Bonchev–Trinajstić information content (AvgIpc) is 2.97.